The second kappa shape index (κ2) is 9.30. The van der Waals surface area contributed by atoms with Crippen molar-refractivity contribution in [3.05, 3.63) is 65.0 Å². The van der Waals surface area contributed by atoms with Crippen LogP contribution in [-0.4, -0.2) is 29.4 Å². The van der Waals surface area contributed by atoms with Crippen molar-refractivity contribution in [3.8, 4) is 17.2 Å². The highest BCUT2D eigenvalue weighted by Crippen LogP contribution is 2.36. The van der Waals surface area contributed by atoms with Crippen LogP contribution >= 0.6 is 0 Å². The Morgan fingerprint density at radius 1 is 1.12 bits per heavy atom. The number of pyridine rings is 1. The minimum atomic E-state index is -4.37. The van der Waals surface area contributed by atoms with Gasteiger partial charge in [-0.05, 0) is 61.2 Å². The molecule has 0 spiro atoms. The monoisotopic (exact) mass is 468 g/mol. The number of carbonyl (C=O) groups is 1. The lowest BCUT2D eigenvalue weighted by atomic mass is 9.94. The molecule has 0 atom stereocenters. The molecule has 33 heavy (non-hydrogen) atoms. The molecule has 170 valence electrons. The first-order chi connectivity index (χ1) is 15.5. The number of carbonyl (C=O) groups excluding carboxylic acids is 1. The van der Waals surface area contributed by atoms with E-state index in [0.29, 0.717) is 22.5 Å². The van der Waals surface area contributed by atoms with E-state index in [1.807, 2.05) is 10.8 Å². The predicted molar refractivity (Wildman–Crippen MR) is 119 cm³/mol. The highest BCUT2D eigenvalue weighted by Gasteiger charge is 2.24. The van der Waals surface area contributed by atoms with Crippen LogP contribution in [0.1, 0.15) is 42.4 Å². The molecule has 2 amide bonds. The molecule has 0 radical (unpaired) electrons. The van der Waals surface area contributed by atoms with E-state index in [0.717, 1.165) is 0 Å². The summed E-state index contributed by atoms with van der Waals surface area (Å²) in [4.78, 5) is 24.4. The second-order valence-electron chi connectivity index (χ2n) is 7.61. The lowest BCUT2D eigenvalue weighted by Gasteiger charge is -2.19. The predicted octanol–water partition coefficient (Wildman–Crippen LogP) is 3.80. The van der Waals surface area contributed by atoms with E-state index in [4.69, 9.17) is 5.26 Å². The Labute approximate surface area is 190 Å². The van der Waals surface area contributed by atoms with Crippen molar-refractivity contribution in [2.75, 3.05) is 5.32 Å². The Morgan fingerprint density at radius 3 is 2.39 bits per heavy atom. The number of hydrogen-bond donors (Lipinski definition) is 2. The molecular formula is C22H21FN6O3S. The summed E-state index contributed by atoms with van der Waals surface area (Å²) in [6, 6.07) is 7.90. The Kier molecular flexibility index (Phi) is 6.69. The molecule has 2 heterocycles. The number of urea groups is 1. The number of nitrogens with one attached hydrogen (secondary N) is 2. The van der Waals surface area contributed by atoms with Crippen molar-refractivity contribution in [3.63, 3.8) is 0 Å². The van der Waals surface area contributed by atoms with Gasteiger partial charge in [-0.2, -0.15) is 13.7 Å². The first-order valence-corrected chi connectivity index (χ1v) is 11.3. The van der Waals surface area contributed by atoms with Crippen LogP contribution < -0.4 is 10.0 Å². The number of amides is 2. The molecule has 2 aromatic heterocycles. The standard InChI is InChI=1S/C22H21FN6O3S/c1-12(2)18-9-16(23)10-19(15-5-6-25-17(8-15)11-24)20(18)28-21(30)29-33(31,32)22-26-13(3)7-14(4)27-22/h5-10,12H,1-4H3,(H2,28,29,30). The van der Waals surface area contributed by atoms with Crippen molar-refractivity contribution in [2.24, 2.45) is 0 Å². The fraction of sp³-hybridized carbons (Fsp3) is 0.227. The summed E-state index contributed by atoms with van der Waals surface area (Å²) in [5, 5.41) is 11.1. The molecular weight excluding hydrogens is 447 g/mol. The van der Waals surface area contributed by atoms with Gasteiger partial charge >= 0.3 is 16.1 Å². The zero-order valence-electron chi connectivity index (χ0n) is 18.3. The molecule has 3 aromatic rings. The highest BCUT2D eigenvalue weighted by atomic mass is 32.2. The van der Waals surface area contributed by atoms with Crippen LogP contribution in [0.3, 0.4) is 0 Å². The lowest BCUT2D eigenvalue weighted by Crippen LogP contribution is -2.36. The van der Waals surface area contributed by atoms with Crippen LogP contribution in [0.4, 0.5) is 14.9 Å². The summed E-state index contributed by atoms with van der Waals surface area (Å²) in [5.74, 6) is -0.766. The van der Waals surface area contributed by atoms with Crippen LogP contribution in [0.15, 0.2) is 41.7 Å². The molecule has 0 unspecified atom stereocenters. The molecule has 0 fully saturated rings. The van der Waals surface area contributed by atoms with E-state index in [1.54, 1.807) is 39.8 Å². The van der Waals surface area contributed by atoms with Crippen molar-refractivity contribution < 1.29 is 17.6 Å². The van der Waals surface area contributed by atoms with Gasteiger partial charge in [-0.15, -0.1) is 0 Å². The maximum absolute atomic E-state index is 14.4. The minimum absolute atomic E-state index is 0.104. The quantitative estimate of drug-likeness (QED) is 0.543. The summed E-state index contributed by atoms with van der Waals surface area (Å²) in [6.07, 6.45) is 1.39. The average molecular weight is 469 g/mol. The third-order valence-electron chi connectivity index (χ3n) is 4.61. The van der Waals surface area contributed by atoms with Gasteiger partial charge < -0.3 is 5.32 Å². The smallest absolute Gasteiger partial charge is 0.306 e. The van der Waals surface area contributed by atoms with E-state index < -0.39 is 27.0 Å². The summed E-state index contributed by atoms with van der Waals surface area (Å²) in [5.41, 5.74) is 2.31. The number of hydrogen-bond acceptors (Lipinski definition) is 7. The SMILES string of the molecule is Cc1cc(C)nc(S(=O)(=O)NC(=O)Nc2c(-c3ccnc(C#N)c3)cc(F)cc2C(C)C)n1. The first kappa shape index (κ1) is 23.7. The number of nitriles is 1. The van der Waals surface area contributed by atoms with Crippen LogP contribution in [0.5, 0.6) is 0 Å². The second-order valence-corrected chi connectivity index (χ2v) is 9.18. The number of benzene rings is 1. The molecule has 0 aliphatic carbocycles. The number of halogens is 1. The van der Waals surface area contributed by atoms with Crippen molar-refractivity contribution in [1.29, 1.82) is 5.26 Å². The minimum Gasteiger partial charge on any atom is -0.306 e. The zero-order valence-corrected chi connectivity index (χ0v) is 19.2. The van der Waals surface area contributed by atoms with Gasteiger partial charge in [0.05, 0.1) is 5.69 Å². The molecule has 11 heteroatoms. The molecule has 3 rings (SSSR count). The number of anilines is 1. The first-order valence-electron chi connectivity index (χ1n) is 9.86. The number of sulfonamides is 1. The Balaban J connectivity index is 2.03. The Hall–Kier alpha value is -3.91. The van der Waals surface area contributed by atoms with Crippen LogP contribution in [-0.2, 0) is 10.0 Å². The number of nitrogens with zero attached hydrogens (tertiary/aromatic N) is 4. The van der Waals surface area contributed by atoms with Crippen LogP contribution in [0.25, 0.3) is 11.1 Å². The van der Waals surface area contributed by atoms with Gasteiger partial charge in [0.25, 0.3) is 5.16 Å². The Morgan fingerprint density at radius 2 is 1.79 bits per heavy atom. The number of rotatable bonds is 5. The summed E-state index contributed by atoms with van der Waals surface area (Å²) in [7, 11) is -4.37. The van der Waals surface area contributed by atoms with Crippen molar-refractivity contribution in [1.82, 2.24) is 19.7 Å². The van der Waals surface area contributed by atoms with E-state index in [1.165, 1.54) is 24.4 Å². The van der Waals surface area contributed by atoms with Crippen LogP contribution in [0, 0.1) is 31.0 Å². The molecule has 2 N–H and O–H groups in total. The van der Waals surface area contributed by atoms with E-state index in [9.17, 15) is 17.6 Å². The molecule has 0 aliphatic heterocycles. The molecule has 0 aliphatic rings. The summed E-state index contributed by atoms with van der Waals surface area (Å²) >= 11 is 0. The molecule has 0 saturated carbocycles. The fourth-order valence-corrected chi connectivity index (χ4v) is 4.14. The zero-order chi connectivity index (χ0) is 24.3. The van der Waals surface area contributed by atoms with Gasteiger partial charge in [-0.1, -0.05) is 13.8 Å². The molecule has 1 aromatic carbocycles. The number of aryl methyl sites for hydroxylation is 2. The summed E-state index contributed by atoms with van der Waals surface area (Å²) in [6.45, 7) is 6.82. The summed E-state index contributed by atoms with van der Waals surface area (Å²) < 4.78 is 41.6. The molecule has 0 saturated heterocycles. The largest absolute Gasteiger partial charge is 0.333 e. The topological polar surface area (TPSA) is 138 Å². The lowest BCUT2D eigenvalue weighted by molar-refractivity contribution is 0.256. The van der Waals surface area contributed by atoms with Gasteiger partial charge in [0, 0.05) is 23.1 Å². The normalized spacial score (nSPS) is 11.2. The fourth-order valence-electron chi connectivity index (χ4n) is 3.23. The van der Waals surface area contributed by atoms with Crippen LogP contribution in [0.2, 0.25) is 0 Å². The van der Waals surface area contributed by atoms with Gasteiger partial charge in [-0.25, -0.2) is 28.9 Å². The molecule has 9 nitrogen and oxygen atoms in total. The van der Waals surface area contributed by atoms with E-state index in [2.05, 4.69) is 20.3 Å². The van der Waals surface area contributed by atoms with Crippen molar-refractivity contribution >= 4 is 21.7 Å². The van der Waals surface area contributed by atoms with Crippen molar-refractivity contribution in [2.45, 2.75) is 38.8 Å². The van der Waals surface area contributed by atoms with Gasteiger partial charge in [0.1, 0.15) is 17.6 Å². The van der Waals surface area contributed by atoms with Gasteiger partial charge in [0.2, 0.25) is 0 Å². The number of aromatic nitrogens is 3. The maximum atomic E-state index is 14.4. The third kappa shape index (κ3) is 5.48. The molecule has 0 bridgehead atoms. The average Bonchev–Trinajstić information content (AvgIpc) is 2.73. The Bertz CT molecular complexity index is 1360. The van der Waals surface area contributed by atoms with E-state index in [-0.39, 0.29) is 22.9 Å². The maximum Gasteiger partial charge on any atom is 0.333 e. The van der Waals surface area contributed by atoms with Gasteiger partial charge in [0.15, 0.2) is 0 Å². The van der Waals surface area contributed by atoms with Gasteiger partial charge in [-0.3, -0.25) is 0 Å². The third-order valence-corrected chi connectivity index (χ3v) is 5.73. The highest BCUT2D eigenvalue weighted by molar-refractivity contribution is 7.89. The van der Waals surface area contributed by atoms with E-state index >= 15 is 0 Å².